The molecule has 0 spiro atoms. The molecule has 0 radical (unpaired) electrons. The fourth-order valence-electron chi connectivity index (χ4n) is 2.65. The topological polar surface area (TPSA) is 116 Å². The van der Waals surface area contributed by atoms with Crippen molar-refractivity contribution in [2.75, 3.05) is 13.7 Å². The molecule has 3 rings (SSSR count). The first-order valence-electron chi connectivity index (χ1n) is 9.00. The van der Waals surface area contributed by atoms with Gasteiger partial charge in [0.2, 0.25) is 0 Å². The molecule has 1 amide bonds. The molecule has 0 unspecified atom stereocenters. The average molecular weight is 409 g/mol. The summed E-state index contributed by atoms with van der Waals surface area (Å²) in [7, 11) is 1.42. The number of amides is 1. The number of nitrogens with one attached hydrogen (secondary N) is 1. The van der Waals surface area contributed by atoms with E-state index in [1.54, 1.807) is 42.5 Å². The SMILES string of the molecule is CCOc1ccc(C(=O)N/N=C\c2ccc(-c3ccc([N+](=O)[O-])cc3OC)o2)cc1. The van der Waals surface area contributed by atoms with Gasteiger partial charge in [-0.1, -0.05) is 0 Å². The van der Waals surface area contributed by atoms with E-state index in [1.165, 1.54) is 25.5 Å². The molecule has 0 aliphatic rings. The van der Waals surface area contributed by atoms with Crippen molar-refractivity contribution in [1.29, 1.82) is 0 Å². The second kappa shape index (κ2) is 9.37. The van der Waals surface area contributed by atoms with Crippen LogP contribution in [0, 0.1) is 10.1 Å². The number of nitro benzene ring substituents is 1. The van der Waals surface area contributed by atoms with Crippen molar-refractivity contribution in [3.05, 3.63) is 76.0 Å². The van der Waals surface area contributed by atoms with Crippen LogP contribution in [0.4, 0.5) is 5.69 Å². The fraction of sp³-hybridized carbons (Fsp3) is 0.143. The predicted molar refractivity (Wildman–Crippen MR) is 110 cm³/mol. The van der Waals surface area contributed by atoms with Crippen LogP contribution in [0.25, 0.3) is 11.3 Å². The van der Waals surface area contributed by atoms with Crippen LogP contribution in [0.2, 0.25) is 0 Å². The highest BCUT2D eigenvalue weighted by atomic mass is 16.6. The number of non-ortho nitro benzene ring substituents is 1. The largest absolute Gasteiger partial charge is 0.496 e. The van der Waals surface area contributed by atoms with Gasteiger partial charge in [0, 0.05) is 11.6 Å². The van der Waals surface area contributed by atoms with Crippen LogP contribution in [0.1, 0.15) is 23.0 Å². The minimum absolute atomic E-state index is 0.0825. The van der Waals surface area contributed by atoms with Gasteiger partial charge >= 0.3 is 0 Å². The maximum atomic E-state index is 12.1. The molecular formula is C21H19N3O6. The first-order valence-corrected chi connectivity index (χ1v) is 9.00. The van der Waals surface area contributed by atoms with Crippen molar-refractivity contribution in [2.45, 2.75) is 6.92 Å². The standard InChI is InChI=1S/C21H19N3O6/c1-3-29-16-7-4-14(5-8-16)21(25)23-22-13-17-9-11-19(30-17)18-10-6-15(24(26)27)12-20(18)28-2/h4-13H,3H2,1-2H3,(H,23,25)/b22-13-. The molecule has 0 bridgehead atoms. The molecule has 154 valence electrons. The maximum Gasteiger partial charge on any atom is 0.273 e. The Hall–Kier alpha value is -4.14. The van der Waals surface area contributed by atoms with E-state index in [0.29, 0.717) is 40.8 Å². The van der Waals surface area contributed by atoms with Crippen molar-refractivity contribution >= 4 is 17.8 Å². The highest BCUT2D eigenvalue weighted by molar-refractivity contribution is 5.94. The van der Waals surface area contributed by atoms with Crippen LogP contribution in [0.3, 0.4) is 0 Å². The molecule has 0 saturated carbocycles. The summed E-state index contributed by atoms with van der Waals surface area (Å²) in [5.41, 5.74) is 3.33. The molecular weight excluding hydrogens is 390 g/mol. The van der Waals surface area contributed by atoms with Crippen LogP contribution in [0.5, 0.6) is 11.5 Å². The molecule has 30 heavy (non-hydrogen) atoms. The second-order valence-corrected chi connectivity index (χ2v) is 6.00. The zero-order valence-corrected chi connectivity index (χ0v) is 16.3. The Bertz CT molecular complexity index is 1070. The lowest BCUT2D eigenvalue weighted by atomic mass is 10.1. The molecule has 1 aromatic heterocycles. The summed E-state index contributed by atoms with van der Waals surface area (Å²) in [6, 6.07) is 14.3. The molecule has 0 aliphatic heterocycles. The van der Waals surface area contributed by atoms with Crippen molar-refractivity contribution in [2.24, 2.45) is 5.10 Å². The Morgan fingerprint density at radius 3 is 2.63 bits per heavy atom. The number of benzene rings is 2. The Morgan fingerprint density at radius 1 is 1.20 bits per heavy atom. The van der Waals surface area contributed by atoms with Crippen LogP contribution in [0.15, 0.2) is 64.1 Å². The summed E-state index contributed by atoms with van der Waals surface area (Å²) in [4.78, 5) is 22.5. The molecule has 2 aromatic carbocycles. The zero-order valence-electron chi connectivity index (χ0n) is 16.3. The molecule has 0 fully saturated rings. The number of carbonyl (C=O) groups excluding carboxylic acids is 1. The summed E-state index contributed by atoms with van der Waals surface area (Å²) in [5.74, 6) is 1.45. The molecule has 0 saturated heterocycles. The van der Waals surface area contributed by atoms with E-state index in [9.17, 15) is 14.9 Å². The number of hydrogen-bond donors (Lipinski definition) is 1. The van der Waals surface area contributed by atoms with Gasteiger partial charge in [0.15, 0.2) is 0 Å². The predicted octanol–water partition coefficient (Wildman–Crippen LogP) is 4.03. The normalized spacial score (nSPS) is 10.7. The number of carbonyl (C=O) groups is 1. The van der Waals surface area contributed by atoms with Crippen molar-refractivity contribution in [3.8, 4) is 22.8 Å². The van der Waals surface area contributed by atoms with Crippen molar-refractivity contribution in [1.82, 2.24) is 5.43 Å². The molecule has 0 aliphatic carbocycles. The quantitative estimate of drug-likeness (QED) is 0.341. The summed E-state index contributed by atoms with van der Waals surface area (Å²) >= 11 is 0. The molecule has 1 N–H and O–H groups in total. The number of methoxy groups -OCH3 is 1. The van der Waals surface area contributed by atoms with E-state index >= 15 is 0 Å². The number of nitrogens with zero attached hydrogens (tertiary/aromatic N) is 2. The van der Waals surface area contributed by atoms with Crippen LogP contribution >= 0.6 is 0 Å². The Labute approximate surface area is 172 Å². The van der Waals surface area contributed by atoms with Crippen molar-refractivity contribution in [3.63, 3.8) is 0 Å². The van der Waals surface area contributed by atoms with Gasteiger partial charge in [-0.25, -0.2) is 5.43 Å². The van der Waals surface area contributed by atoms with E-state index in [-0.39, 0.29) is 11.6 Å². The Morgan fingerprint density at radius 2 is 1.97 bits per heavy atom. The van der Waals surface area contributed by atoms with Gasteiger partial charge in [0.05, 0.1) is 36.5 Å². The lowest BCUT2D eigenvalue weighted by molar-refractivity contribution is -0.384. The van der Waals surface area contributed by atoms with E-state index in [2.05, 4.69) is 10.5 Å². The summed E-state index contributed by atoms with van der Waals surface area (Å²) in [6.07, 6.45) is 1.35. The highest BCUT2D eigenvalue weighted by Crippen LogP contribution is 2.34. The lowest BCUT2D eigenvalue weighted by Gasteiger charge is -2.05. The Balaban J connectivity index is 1.67. The number of rotatable bonds is 8. The van der Waals surface area contributed by atoms with Gasteiger partial charge in [-0.3, -0.25) is 14.9 Å². The fourth-order valence-corrected chi connectivity index (χ4v) is 2.65. The van der Waals surface area contributed by atoms with E-state index in [4.69, 9.17) is 13.9 Å². The van der Waals surface area contributed by atoms with Gasteiger partial charge in [-0.15, -0.1) is 0 Å². The molecule has 1 heterocycles. The number of hydrogen-bond acceptors (Lipinski definition) is 7. The summed E-state index contributed by atoms with van der Waals surface area (Å²) < 4.78 is 16.2. The Kier molecular flexibility index (Phi) is 6.43. The maximum absolute atomic E-state index is 12.1. The number of nitro groups is 1. The molecule has 3 aromatic rings. The number of ether oxygens (including phenoxy) is 2. The first kappa shape index (κ1) is 20.6. The van der Waals surface area contributed by atoms with Gasteiger partial charge in [0.1, 0.15) is 23.0 Å². The smallest absolute Gasteiger partial charge is 0.273 e. The van der Waals surface area contributed by atoms with Crippen LogP contribution in [-0.4, -0.2) is 30.8 Å². The lowest BCUT2D eigenvalue weighted by Crippen LogP contribution is -2.17. The van der Waals surface area contributed by atoms with Crippen LogP contribution in [-0.2, 0) is 0 Å². The minimum atomic E-state index is -0.500. The highest BCUT2D eigenvalue weighted by Gasteiger charge is 2.15. The van der Waals surface area contributed by atoms with Crippen molar-refractivity contribution < 1.29 is 23.6 Å². The molecule has 0 atom stereocenters. The third kappa shape index (κ3) is 4.82. The van der Waals surface area contributed by atoms with Gasteiger partial charge in [-0.05, 0) is 49.4 Å². The molecule has 9 nitrogen and oxygen atoms in total. The number of hydrazone groups is 1. The zero-order chi connectivity index (χ0) is 21.5. The van der Waals surface area contributed by atoms with Gasteiger partial charge in [0.25, 0.3) is 11.6 Å². The van der Waals surface area contributed by atoms with E-state index in [1.807, 2.05) is 6.92 Å². The van der Waals surface area contributed by atoms with Crippen LogP contribution < -0.4 is 14.9 Å². The van der Waals surface area contributed by atoms with E-state index < -0.39 is 4.92 Å². The number of furan rings is 1. The monoisotopic (exact) mass is 409 g/mol. The molecule has 9 heteroatoms. The van der Waals surface area contributed by atoms with E-state index in [0.717, 1.165) is 0 Å². The van der Waals surface area contributed by atoms with Gasteiger partial charge < -0.3 is 13.9 Å². The third-order valence-corrected chi connectivity index (χ3v) is 4.07. The summed E-state index contributed by atoms with van der Waals surface area (Å²) in [5, 5.41) is 14.8. The summed E-state index contributed by atoms with van der Waals surface area (Å²) in [6.45, 7) is 2.43. The van der Waals surface area contributed by atoms with Gasteiger partial charge in [-0.2, -0.15) is 5.10 Å². The second-order valence-electron chi connectivity index (χ2n) is 6.00. The third-order valence-electron chi connectivity index (χ3n) is 4.07. The minimum Gasteiger partial charge on any atom is -0.496 e. The first-order chi connectivity index (χ1) is 14.5. The average Bonchev–Trinajstić information content (AvgIpc) is 3.22.